The topological polar surface area (TPSA) is 20.3 Å². The zero-order valence-corrected chi connectivity index (χ0v) is 8.34. The van der Waals surface area contributed by atoms with Crippen LogP contribution in [-0.2, 0) is 4.79 Å². The number of rotatable bonds is 1. The molecule has 0 aliphatic carbocycles. The molecule has 0 bridgehead atoms. The predicted molar refractivity (Wildman–Crippen MR) is 49.9 cm³/mol. The van der Waals surface area contributed by atoms with Gasteiger partial charge in [0.15, 0.2) is 0 Å². The number of carbonyl (C=O) groups is 1. The summed E-state index contributed by atoms with van der Waals surface area (Å²) in [7, 11) is 0. The third kappa shape index (κ3) is 1.99. The largest absolute Gasteiger partial charge is 0.340 e. The van der Waals surface area contributed by atoms with Gasteiger partial charge in [-0.2, -0.15) is 0 Å². The van der Waals surface area contributed by atoms with Gasteiger partial charge in [0.25, 0.3) is 0 Å². The number of piperidine rings is 1. The summed E-state index contributed by atoms with van der Waals surface area (Å²) in [5.41, 5.74) is 0. The van der Waals surface area contributed by atoms with Gasteiger partial charge in [0.1, 0.15) is 0 Å². The fourth-order valence-corrected chi connectivity index (χ4v) is 2.04. The first-order valence-corrected chi connectivity index (χ1v) is 4.90. The predicted octanol–water partition coefficient (Wildman–Crippen LogP) is 2.04. The summed E-state index contributed by atoms with van der Waals surface area (Å²) in [5.74, 6) is 0.850. The number of carbonyl (C=O) groups excluding carboxylic acids is 1. The van der Waals surface area contributed by atoms with Gasteiger partial charge >= 0.3 is 0 Å². The first kappa shape index (κ1) is 9.56. The third-order valence-electron chi connectivity index (χ3n) is 2.72. The fraction of sp³-hybridized carbons (Fsp3) is 0.900. The summed E-state index contributed by atoms with van der Waals surface area (Å²) in [6.45, 7) is 7.05. The standard InChI is InChI=1S/C10H19NO/c1-8(2)10-6-4-5-7-11(10)9(3)12/h8,10H,4-7H2,1-3H3. The molecule has 0 aromatic carbocycles. The Bertz CT molecular complexity index is 165. The molecule has 2 nitrogen and oxygen atoms in total. The molecule has 1 unspecified atom stereocenters. The lowest BCUT2D eigenvalue weighted by Gasteiger charge is -2.37. The number of hydrogen-bond donors (Lipinski definition) is 0. The highest BCUT2D eigenvalue weighted by Gasteiger charge is 2.26. The van der Waals surface area contributed by atoms with Crippen LogP contribution in [0.5, 0.6) is 0 Å². The van der Waals surface area contributed by atoms with Crippen molar-refractivity contribution < 1.29 is 4.79 Å². The molecule has 1 atom stereocenters. The minimum absolute atomic E-state index is 0.244. The lowest BCUT2D eigenvalue weighted by atomic mass is 9.93. The third-order valence-corrected chi connectivity index (χ3v) is 2.72. The van der Waals surface area contributed by atoms with Gasteiger partial charge in [-0.15, -0.1) is 0 Å². The molecule has 0 radical (unpaired) electrons. The van der Waals surface area contributed by atoms with Crippen LogP contribution in [0.1, 0.15) is 40.0 Å². The molecule has 1 fully saturated rings. The molecule has 0 spiro atoms. The van der Waals surface area contributed by atoms with Gasteiger partial charge in [-0.1, -0.05) is 13.8 Å². The normalized spacial score (nSPS) is 24.7. The Morgan fingerprint density at radius 2 is 2.08 bits per heavy atom. The van der Waals surface area contributed by atoms with Gasteiger partial charge in [0.2, 0.25) is 5.91 Å². The van der Waals surface area contributed by atoms with Crippen LogP contribution in [-0.4, -0.2) is 23.4 Å². The van der Waals surface area contributed by atoms with Gasteiger partial charge in [-0.3, -0.25) is 4.79 Å². The molecular weight excluding hydrogens is 150 g/mol. The molecular formula is C10H19NO. The van der Waals surface area contributed by atoms with Crippen LogP contribution < -0.4 is 0 Å². The minimum Gasteiger partial charge on any atom is -0.340 e. The van der Waals surface area contributed by atoms with Crippen molar-refractivity contribution in [2.24, 2.45) is 5.92 Å². The smallest absolute Gasteiger partial charge is 0.219 e. The number of likely N-dealkylation sites (tertiary alicyclic amines) is 1. The van der Waals surface area contributed by atoms with Crippen molar-refractivity contribution in [2.75, 3.05) is 6.54 Å². The highest BCUT2D eigenvalue weighted by atomic mass is 16.2. The molecule has 12 heavy (non-hydrogen) atoms. The van der Waals surface area contributed by atoms with Crippen molar-refractivity contribution in [3.8, 4) is 0 Å². The SMILES string of the molecule is CC(=O)N1CCCCC1C(C)C. The molecule has 1 aliphatic heterocycles. The Balaban J connectivity index is 2.60. The van der Waals surface area contributed by atoms with E-state index < -0.39 is 0 Å². The van der Waals surface area contributed by atoms with E-state index in [0.717, 1.165) is 6.54 Å². The van der Waals surface area contributed by atoms with E-state index in [9.17, 15) is 4.79 Å². The summed E-state index contributed by atoms with van der Waals surface area (Å²) in [4.78, 5) is 13.3. The molecule has 1 amide bonds. The average molecular weight is 169 g/mol. The first-order chi connectivity index (χ1) is 5.63. The van der Waals surface area contributed by atoms with Crippen LogP contribution in [0.3, 0.4) is 0 Å². The van der Waals surface area contributed by atoms with Crippen LogP contribution >= 0.6 is 0 Å². The zero-order valence-electron chi connectivity index (χ0n) is 8.34. The summed E-state index contributed by atoms with van der Waals surface area (Å²) in [6, 6.07) is 0.497. The van der Waals surface area contributed by atoms with Gasteiger partial charge in [-0.05, 0) is 25.2 Å². The fourth-order valence-electron chi connectivity index (χ4n) is 2.04. The van der Waals surface area contributed by atoms with Crippen molar-refractivity contribution in [3.05, 3.63) is 0 Å². The van der Waals surface area contributed by atoms with Crippen LogP contribution in [0.4, 0.5) is 0 Å². The van der Waals surface area contributed by atoms with Gasteiger partial charge in [0, 0.05) is 19.5 Å². The van der Waals surface area contributed by atoms with E-state index in [1.165, 1.54) is 19.3 Å². The van der Waals surface area contributed by atoms with Crippen LogP contribution in [0.25, 0.3) is 0 Å². The highest BCUT2D eigenvalue weighted by molar-refractivity contribution is 5.73. The van der Waals surface area contributed by atoms with Crippen molar-refractivity contribution >= 4 is 5.91 Å². The Morgan fingerprint density at radius 3 is 2.50 bits per heavy atom. The first-order valence-electron chi connectivity index (χ1n) is 4.90. The summed E-state index contributed by atoms with van der Waals surface area (Å²) >= 11 is 0. The maximum absolute atomic E-state index is 11.2. The monoisotopic (exact) mass is 169 g/mol. The highest BCUT2D eigenvalue weighted by Crippen LogP contribution is 2.22. The molecule has 0 aromatic rings. The van der Waals surface area contributed by atoms with E-state index >= 15 is 0 Å². The second-order valence-corrected chi connectivity index (χ2v) is 4.02. The van der Waals surface area contributed by atoms with Crippen LogP contribution in [0.15, 0.2) is 0 Å². The Morgan fingerprint density at radius 1 is 1.42 bits per heavy atom. The van der Waals surface area contributed by atoms with E-state index in [1.807, 2.05) is 4.90 Å². The Hall–Kier alpha value is -0.530. The summed E-state index contributed by atoms with van der Waals surface area (Å²) in [6.07, 6.45) is 3.66. The van der Waals surface area contributed by atoms with Crippen LogP contribution in [0, 0.1) is 5.92 Å². The Kier molecular flexibility index (Phi) is 3.12. The molecule has 1 aliphatic rings. The average Bonchev–Trinajstić information content (AvgIpc) is 2.04. The number of nitrogens with zero attached hydrogens (tertiary/aromatic N) is 1. The van der Waals surface area contributed by atoms with Crippen molar-refractivity contribution in [2.45, 2.75) is 46.1 Å². The van der Waals surface area contributed by atoms with Crippen molar-refractivity contribution in [3.63, 3.8) is 0 Å². The van der Waals surface area contributed by atoms with Crippen molar-refractivity contribution in [1.82, 2.24) is 4.90 Å². The quantitative estimate of drug-likeness (QED) is 0.588. The van der Waals surface area contributed by atoms with E-state index in [0.29, 0.717) is 12.0 Å². The second kappa shape index (κ2) is 3.92. The number of amides is 1. The molecule has 70 valence electrons. The van der Waals surface area contributed by atoms with E-state index in [4.69, 9.17) is 0 Å². The zero-order chi connectivity index (χ0) is 9.14. The minimum atomic E-state index is 0.244. The van der Waals surface area contributed by atoms with E-state index in [1.54, 1.807) is 6.92 Å². The lowest BCUT2D eigenvalue weighted by Crippen LogP contribution is -2.45. The number of hydrogen-bond acceptors (Lipinski definition) is 1. The van der Waals surface area contributed by atoms with E-state index in [2.05, 4.69) is 13.8 Å². The maximum Gasteiger partial charge on any atom is 0.219 e. The van der Waals surface area contributed by atoms with Crippen LogP contribution in [0.2, 0.25) is 0 Å². The molecule has 1 rings (SSSR count). The van der Waals surface area contributed by atoms with Gasteiger partial charge in [-0.25, -0.2) is 0 Å². The molecule has 0 aromatic heterocycles. The molecule has 0 saturated carbocycles. The van der Waals surface area contributed by atoms with E-state index in [-0.39, 0.29) is 5.91 Å². The van der Waals surface area contributed by atoms with Gasteiger partial charge < -0.3 is 4.90 Å². The van der Waals surface area contributed by atoms with Gasteiger partial charge in [0.05, 0.1) is 0 Å². The molecule has 1 saturated heterocycles. The molecule has 0 N–H and O–H groups in total. The molecule has 1 heterocycles. The Labute approximate surface area is 74.9 Å². The summed E-state index contributed by atoms with van der Waals surface area (Å²) in [5, 5.41) is 0. The van der Waals surface area contributed by atoms with Crippen molar-refractivity contribution in [1.29, 1.82) is 0 Å². The second-order valence-electron chi connectivity index (χ2n) is 4.02. The maximum atomic E-state index is 11.2. The molecule has 2 heteroatoms. The lowest BCUT2D eigenvalue weighted by molar-refractivity contribution is -0.133. The summed E-state index contributed by atoms with van der Waals surface area (Å²) < 4.78 is 0.